The normalized spacial score (nSPS) is 37.5. The smallest absolute Gasteiger partial charge is 0.309 e. The van der Waals surface area contributed by atoms with Crippen molar-refractivity contribution in [2.24, 2.45) is 17.8 Å². The highest BCUT2D eigenvalue weighted by Crippen LogP contribution is 2.36. The second-order valence-electron chi connectivity index (χ2n) is 13.5. The number of nitrogens with zero attached hydrogens (tertiary/aromatic N) is 2. The Kier molecular flexibility index (Phi) is 14.0. The number of amides is 1. The van der Waals surface area contributed by atoms with Gasteiger partial charge in [0.2, 0.25) is 5.91 Å². The molecule has 4 rings (SSSR count). The minimum Gasteiger partial charge on any atom is -0.469 e. The van der Waals surface area contributed by atoms with E-state index in [1.807, 2.05) is 21.0 Å². The highest BCUT2D eigenvalue weighted by atomic mass is 35.5. The number of halogens is 1. The number of nitriles is 1. The summed E-state index contributed by atoms with van der Waals surface area (Å²) in [7, 11) is 5.47. The van der Waals surface area contributed by atoms with Crippen molar-refractivity contribution >= 4 is 23.5 Å². The zero-order chi connectivity index (χ0) is 31.6. The van der Waals surface area contributed by atoms with E-state index in [0.717, 1.165) is 57.9 Å². The number of methoxy groups -OCH3 is 1. The average Bonchev–Trinajstić information content (AvgIpc) is 3.01. The Balaban J connectivity index is 1.30. The van der Waals surface area contributed by atoms with Crippen LogP contribution in [0.25, 0.3) is 0 Å². The SMILES string of the molecule is CCOC1CC2NCC(C#N)C(NC3CCC(OCC4CCC(C(=O)OC)CN4)C(Cl)C3)C2CC1NC(=O)CCCN(C)C. The third-order valence-corrected chi connectivity index (χ3v) is 10.5. The minimum atomic E-state index is -0.162. The standard InChI is InChI=1S/C32H55ClN6O5/c1-5-43-29-15-26-24(14-27(29)38-30(40)7-6-12-39(2)3)31(21(16-34)18-36-26)37-22-10-11-28(25(33)13-22)44-19-23-9-8-20(17-35-23)32(41)42-4/h20-29,31,35-37H,5-15,17-19H2,1-4H3,(H,38,40). The van der Waals surface area contributed by atoms with Crippen molar-refractivity contribution in [1.82, 2.24) is 26.2 Å². The Morgan fingerprint density at radius 1 is 1.05 bits per heavy atom. The fourth-order valence-electron chi connectivity index (χ4n) is 7.65. The summed E-state index contributed by atoms with van der Waals surface area (Å²) in [5, 5.41) is 24.2. The number of esters is 1. The number of carbonyl (C=O) groups excluding carboxylic acids is 2. The molecule has 0 bridgehead atoms. The Labute approximate surface area is 268 Å². The first-order valence-corrected chi connectivity index (χ1v) is 17.2. The molecule has 11 unspecified atom stereocenters. The first kappa shape index (κ1) is 35.3. The summed E-state index contributed by atoms with van der Waals surface area (Å²) in [4.78, 5) is 26.8. The number of rotatable bonds is 13. The number of hydrogen-bond donors (Lipinski definition) is 4. The number of alkyl halides is 1. The van der Waals surface area contributed by atoms with Gasteiger partial charge in [-0.2, -0.15) is 5.26 Å². The van der Waals surface area contributed by atoms with Crippen LogP contribution < -0.4 is 21.3 Å². The quantitative estimate of drug-likeness (QED) is 0.175. The van der Waals surface area contributed by atoms with Crippen molar-refractivity contribution in [3.8, 4) is 6.07 Å². The van der Waals surface area contributed by atoms with E-state index in [9.17, 15) is 14.9 Å². The second kappa shape index (κ2) is 17.4. The molecule has 4 fully saturated rings. The maximum atomic E-state index is 12.9. The van der Waals surface area contributed by atoms with E-state index in [4.69, 9.17) is 25.8 Å². The van der Waals surface area contributed by atoms with Crippen LogP contribution in [0.1, 0.15) is 64.7 Å². The van der Waals surface area contributed by atoms with Gasteiger partial charge in [-0.25, -0.2) is 0 Å². The predicted octanol–water partition coefficient (Wildman–Crippen LogP) is 1.78. The van der Waals surface area contributed by atoms with Crippen molar-refractivity contribution in [2.75, 3.05) is 54.1 Å². The summed E-state index contributed by atoms with van der Waals surface area (Å²) in [6.45, 7) is 5.32. The van der Waals surface area contributed by atoms with E-state index in [2.05, 4.69) is 32.2 Å². The predicted molar refractivity (Wildman–Crippen MR) is 169 cm³/mol. The lowest BCUT2D eigenvalue weighted by atomic mass is 9.69. The molecular formula is C32H55ClN6O5. The largest absolute Gasteiger partial charge is 0.469 e. The molecule has 12 heteroatoms. The topological polar surface area (TPSA) is 137 Å². The van der Waals surface area contributed by atoms with Gasteiger partial charge in [-0.3, -0.25) is 9.59 Å². The van der Waals surface area contributed by atoms with Gasteiger partial charge in [-0.05, 0) is 84.8 Å². The van der Waals surface area contributed by atoms with Gasteiger partial charge in [-0.15, -0.1) is 11.6 Å². The number of ether oxygens (including phenoxy) is 3. The van der Waals surface area contributed by atoms with Gasteiger partial charge in [0.1, 0.15) is 0 Å². The number of hydrogen-bond acceptors (Lipinski definition) is 10. The van der Waals surface area contributed by atoms with Crippen molar-refractivity contribution in [1.29, 1.82) is 5.26 Å². The number of fused-ring (bicyclic) bond motifs is 1. The highest BCUT2D eigenvalue weighted by molar-refractivity contribution is 6.21. The molecule has 0 aromatic carbocycles. The molecule has 0 aromatic rings. The minimum absolute atomic E-state index is 0.0162. The Morgan fingerprint density at radius 3 is 2.52 bits per heavy atom. The monoisotopic (exact) mass is 638 g/mol. The zero-order valence-electron chi connectivity index (χ0n) is 27.1. The first-order chi connectivity index (χ1) is 21.2. The fourth-order valence-corrected chi connectivity index (χ4v) is 8.06. The molecule has 44 heavy (non-hydrogen) atoms. The lowest BCUT2D eigenvalue weighted by Crippen LogP contribution is -2.66. The molecule has 2 aliphatic heterocycles. The maximum absolute atomic E-state index is 12.9. The van der Waals surface area contributed by atoms with Gasteiger partial charge in [0.15, 0.2) is 0 Å². The Morgan fingerprint density at radius 2 is 1.86 bits per heavy atom. The first-order valence-electron chi connectivity index (χ1n) is 16.7. The van der Waals surface area contributed by atoms with Gasteiger partial charge >= 0.3 is 5.97 Å². The van der Waals surface area contributed by atoms with Gasteiger partial charge in [0, 0.05) is 50.3 Å². The summed E-state index contributed by atoms with van der Waals surface area (Å²) in [5.74, 6) is -0.129. The molecule has 0 radical (unpaired) electrons. The third-order valence-electron chi connectivity index (χ3n) is 10.1. The summed E-state index contributed by atoms with van der Waals surface area (Å²) in [6.07, 6.45) is 7.08. The zero-order valence-corrected chi connectivity index (χ0v) is 27.8. The van der Waals surface area contributed by atoms with E-state index >= 15 is 0 Å². The third kappa shape index (κ3) is 9.74. The van der Waals surface area contributed by atoms with E-state index in [-0.39, 0.29) is 77.4 Å². The van der Waals surface area contributed by atoms with Gasteiger partial charge in [0.25, 0.3) is 0 Å². The van der Waals surface area contributed by atoms with E-state index in [0.29, 0.717) is 32.7 Å². The molecule has 2 saturated heterocycles. The van der Waals surface area contributed by atoms with Crippen LogP contribution in [0.5, 0.6) is 0 Å². The van der Waals surface area contributed by atoms with Crippen molar-refractivity contribution in [3.63, 3.8) is 0 Å². The van der Waals surface area contributed by atoms with Crippen LogP contribution in [0, 0.1) is 29.1 Å². The molecule has 11 nitrogen and oxygen atoms in total. The van der Waals surface area contributed by atoms with Crippen molar-refractivity contribution in [3.05, 3.63) is 0 Å². The van der Waals surface area contributed by atoms with Crippen LogP contribution in [0.2, 0.25) is 0 Å². The number of nitrogens with one attached hydrogen (secondary N) is 4. The van der Waals surface area contributed by atoms with Gasteiger partial charge in [-0.1, -0.05) is 0 Å². The number of carbonyl (C=O) groups is 2. The fraction of sp³-hybridized carbons (Fsp3) is 0.906. The molecule has 4 aliphatic rings. The molecule has 2 heterocycles. The Hall–Kier alpha value is -1.52. The van der Waals surface area contributed by atoms with Crippen LogP contribution in [0.15, 0.2) is 0 Å². The molecule has 2 aliphatic carbocycles. The van der Waals surface area contributed by atoms with E-state index in [1.54, 1.807) is 0 Å². The second-order valence-corrected chi connectivity index (χ2v) is 14.0. The van der Waals surface area contributed by atoms with Gasteiger partial charge in [0.05, 0.1) is 55.2 Å². The van der Waals surface area contributed by atoms with Crippen LogP contribution >= 0.6 is 11.6 Å². The molecular weight excluding hydrogens is 584 g/mol. The summed E-state index contributed by atoms with van der Waals surface area (Å²) >= 11 is 6.91. The maximum Gasteiger partial charge on any atom is 0.309 e. The molecule has 0 spiro atoms. The molecule has 4 N–H and O–H groups in total. The Bertz CT molecular complexity index is 960. The van der Waals surface area contributed by atoms with Crippen LogP contribution in [0.4, 0.5) is 0 Å². The van der Waals surface area contributed by atoms with Crippen LogP contribution in [0.3, 0.4) is 0 Å². The summed E-state index contributed by atoms with van der Waals surface area (Å²) in [6, 6.07) is 3.14. The molecule has 11 atom stereocenters. The lowest BCUT2D eigenvalue weighted by Gasteiger charge is -2.50. The molecule has 250 valence electrons. The van der Waals surface area contributed by atoms with Crippen LogP contribution in [-0.2, 0) is 23.8 Å². The summed E-state index contributed by atoms with van der Waals surface area (Å²) in [5.41, 5.74) is 0. The molecule has 2 saturated carbocycles. The summed E-state index contributed by atoms with van der Waals surface area (Å²) < 4.78 is 17.3. The average molecular weight is 639 g/mol. The lowest BCUT2D eigenvalue weighted by molar-refractivity contribution is -0.146. The van der Waals surface area contributed by atoms with Crippen molar-refractivity contribution in [2.45, 2.75) is 113 Å². The molecule has 1 amide bonds. The van der Waals surface area contributed by atoms with Gasteiger partial charge < -0.3 is 40.4 Å². The van der Waals surface area contributed by atoms with E-state index in [1.165, 1.54) is 7.11 Å². The highest BCUT2D eigenvalue weighted by Gasteiger charge is 2.47. The van der Waals surface area contributed by atoms with E-state index < -0.39 is 0 Å². The van der Waals surface area contributed by atoms with Crippen molar-refractivity contribution < 1.29 is 23.8 Å². The van der Waals surface area contributed by atoms with Crippen LogP contribution in [-0.4, -0.2) is 119 Å². The molecule has 0 aromatic heterocycles. The number of piperidine rings is 2.